The lowest BCUT2D eigenvalue weighted by atomic mass is 10.1. The molecule has 12 nitrogen and oxygen atoms in total. The van der Waals surface area contributed by atoms with Crippen molar-refractivity contribution in [2.24, 2.45) is 5.73 Å². The van der Waals surface area contributed by atoms with Crippen molar-refractivity contribution in [2.75, 3.05) is 6.16 Å². The Bertz CT molecular complexity index is 589. The van der Waals surface area contributed by atoms with Crippen molar-refractivity contribution in [3.63, 3.8) is 0 Å². The van der Waals surface area contributed by atoms with E-state index in [9.17, 15) is 23.5 Å². The van der Waals surface area contributed by atoms with Gasteiger partial charge in [0.25, 0.3) is 0 Å². The second-order valence-corrected chi connectivity index (χ2v) is 9.30. The first-order chi connectivity index (χ1) is 11.3. The second-order valence-electron chi connectivity index (χ2n) is 5.14. The molecular formula is C11H22N2O10P2. The standard InChI is InChI=1S/C11H22N2O10P2/c1-2-9(13-8(14)4-3-7(12)11(17)18)24(19,6-5-10(15)16)23-25(20,21)22/h7,9H,2-6,12H2,1H3,(H,13,14)(H,15,16)(H,17,18)(H2,20,21,22)/t7-,9?,24?/m0/s1. The van der Waals surface area contributed by atoms with Crippen molar-refractivity contribution in [1.29, 1.82) is 0 Å². The number of carboxylic acids is 2. The molecule has 0 fully saturated rings. The fourth-order valence-electron chi connectivity index (χ4n) is 1.83. The Labute approximate surface area is 143 Å². The molecule has 0 heterocycles. The highest BCUT2D eigenvalue weighted by Crippen LogP contribution is 2.62. The van der Waals surface area contributed by atoms with Crippen molar-refractivity contribution in [3.8, 4) is 0 Å². The minimum atomic E-state index is -5.21. The molecule has 7 N–H and O–H groups in total. The van der Waals surface area contributed by atoms with Gasteiger partial charge in [-0.15, -0.1) is 0 Å². The van der Waals surface area contributed by atoms with Crippen LogP contribution in [0.5, 0.6) is 0 Å². The molecule has 2 unspecified atom stereocenters. The predicted molar refractivity (Wildman–Crippen MR) is 84.9 cm³/mol. The SMILES string of the molecule is CCC(NC(=O)CC[C@H](N)C(=O)O)P(=O)(CCC(=O)O)OP(=O)(O)O. The van der Waals surface area contributed by atoms with E-state index in [0.717, 1.165) is 0 Å². The maximum Gasteiger partial charge on any atom is 0.475 e. The Kier molecular flexibility index (Phi) is 9.49. The molecule has 0 aliphatic rings. The predicted octanol–water partition coefficient (Wildman–Crippen LogP) is -0.107. The molecule has 0 aromatic heterocycles. The van der Waals surface area contributed by atoms with Crippen molar-refractivity contribution < 1.29 is 47.8 Å². The highest BCUT2D eigenvalue weighted by Gasteiger charge is 2.40. The van der Waals surface area contributed by atoms with Crippen LogP contribution < -0.4 is 11.1 Å². The monoisotopic (exact) mass is 404 g/mol. The van der Waals surface area contributed by atoms with Crippen LogP contribution >= 0.6 is 15.2 Å². The Morgan fingerprint density at radius 3 is 2.12 bits per heavy atom. The summed E-state index contributed by atoms with van der Waals surface area (Å²) >= 11 is 0. The molecule has 0 radical (unpaired) electrons. The summed E-state index contributed by atoms with van der Waals surface area (Å²) in [5.41, 5.74) is 5.25. The van der Waals surface area contributed by atoms with E-state index < -0.39 is 57.4 Å². The van der Waals surface area contributed by atoms with Crippen LogP contribution in [0.4, 0.5) is 0 Å². The van der Waals surface area contributed by atoms with Crippen LogP contribution in [0.2, 0.25) is 0 Å². The highest BCUT2D eigenvalue weighted by atomic mass is 31.3. The molecule has 146 valence electrons. The van der Waals surface area contributed by atoms with E-state index in [4.69, 9.17) is 25.7 Å². The number of phosphoric acid groups is 1. The largest absolute Gasteiger partial charge is 0.481 e. The van der Waals surface area contributed by atoms with E-state index in [0.29, 0.717) is 0 Å². The second kappa shape index (κ2) is 10.0. The first-order valence-corrected chi connectivity index (χ1v) is 10.6. The van der Waals surface area contributed by atoms with Crippen molar-refractivity contribution in [1.82, 2.24) is 5.32 Å². The number of nitrogens with one attached hydrogen (secondary N) is 1. The minimum Gasteiger partial charge on any atom is -0.481 e. The van der Waals surface area contributed by atoms with E-state index in [1.54, 1.807) is 0 Å². The lowest BCUT2D eigenvalue weighted by Gasteiger charge is -2.27. The first kappa shape index (κ1) is 23.7. The van der Waals surface area contributed by atoms with Gasteiger partial charge in [0.15, 0.2) is 0 Å². The van der Waals surface area contributed by atoms with Gasteiger partial charge in [0.1, 0.15) is 11.8 Å². The zero-order chi connectivity index (χ0) is 19.8. The fraction of sp³-hybridized carbons (Fsp3) is 0.727. The summed E-state index contributed by atoms with van der Waals surface area (Å²) < 4.78 is 28.1. The molecule has 0 bridgehead atoms. The van der Waals surface area contributed by atoms with Crippen molar-refractivity contribution in [3.05, 3.63) is 0 Å². The Morgan fingerprint density at radius 2 is 1.72 bits per heavy atom. The summed E-state index contributed by atoms with van der Waals surface area (Å²) in [5.74, 6) is -4.76. The lowest BCUT2D eigenvalue weighted by Crippen LogP contribution is -2.37. The molecule has 0 saturated heterocycles. The van der Waals surface area contributed by atoms with Gasteiger partial charge in [-0.1, -0.05) is 6.92 Å². The molecule has 0 rings (SSSR count). The summed E-state index contributed by atoms with van der Waals surface area (Å²) in [6, 6.07) is -1.28. The van der Waals surface area contributed by atoms with Gasteiger partial charge in [0, 0.05) is 12.6 Å². The van der Waals surface area contributed by atoms with Crippen molar-refractivity contribution in [2.45, 2.75) is 44.4 Å². The number of hydrogen-bond acceptors (Lipinski definition) is 7. The third-order valence-electron chi connectivity index (χ3n) is 3.07. The highest BCUT2D eigenvalue weighted by molar-refractivity contribution is 7.68. The maximum absolute atomic E-state index is 12.7. The third kappa shape index (κ3) is 9.69. The van der Waals surface area contributed by atoms with Crippen LogP contribution in [0.3, 0.4) is 0 Å². The third-order valence-corrected chi connectivity index (χ3v) is 7.32. The van der Waals surface area contributed by atoms with Gasteiger partial charge in [-0.2, -0.15) is 0 Å². The summed E-state index contributed by atoms with van der Waals surface area (Å²) in [6.45, 7) is 1.45. The quantitative estimate of drug-likeness (QED) is 0.236. The molecule has 0 aliphatic carbocycles. The van der Waals surface area contributed by atoms with Crippen LogP contribution in [0.25, 0.3) is 0 Å². The number of amides is 1. The molecular weight excluding hydrogens is 382 g/mol. The Balaban J connectivity index is 5.13. The molecule has 25 heavy (non-hydrogen) atoms. The van der Waals surface area contributed by atoms with E-state index in [-0.39, 0.29) is 19.3 Å². The van der Waals surface area contributed by atoms with Crippen molar-refractivity contribution >= 4 is 33.0 Å². The molecule has 0 spiro atoms. The number of aliphatic carboxylic acids is 2. The van der Waals surface area contributed by atoms with Crippen LogP contribution in [0.15, 0.2) is 0 Å². The molecule has 0 aliphatic heterocycles. The summed E-state index contributed by atoms with van der Waals surface area (Å²) in [6.07, 6.45) is -1.99. The normalized spacial score (nSPS) is 16.5. The Hall–Kier alpha value is -1.29. The van der Waals surface area contributed by atoms with E-state index in [1.165, 1.54) is 6.92 Å². The van der Waals surface area contributed by atoms with Gasteiger partial charge in [-0.3, -0.25) is 18.9 Å². The van der Waals surface area contributed by atoms with Crippen LogP contribution in [0, 0.1) is 0 Å². The average Bonchev–Trinajstić information content (AvgIpc) is 2.46. The maximum atomic E-state index is 12.7. The lowest BCUT2D eigenvalue weighted by molar-refractivity contribution is -0.139. The summed E-state index contributed by atoms with van der Waals surface area (Å²) in [4.78, 5) is 50.9. The van der Waals surface area contributed by atoms with Crippen LogP contribution in [0.1, 0.15) is 32.6 Å². The molecule has 14 heteroatoms. The zero-order valence-electron chi connectivity index (χ0n) is 13.4. The van der Waals surface area contributed by atoms with Gasteiger partial charge < -0.3 is 31.1 Å². The van der Waals surface area contributed by atoms with Gasteiger partial charge in [-0.05, 0) is 12.8 Å². The fourth-order valence-corrected chi connectivity index (χ4v) is 5.77. The topological polar surface area (TPSA) is 214 Å². The summed E-state index contributed by atoms with van der Waals surface area (Å²) in [7, 11) is -9.46. The number of nitrogens with two attached hydrogens (primary N) is 1. The smallest absolute Gasteiger partial charge is 0.475 e. The van der Waals surface area contributed by atoms with E-state index >= 15 is 0 Å². The first-order valence-electron chi connectivity index (χ1n) is 7.16. The molecule has 1 amide bonds. The van der Waals surface area contributed by atoms with Crippen LogP contribution in [-0.4, -0.2) is 55.8 Å². The molecule has 0 aromatic rings. The van der Waals surface area contributed by atoms with Gasteiger partial charge in [0.2, 0.25) is 13.3 Å². The Morgan fingerprint density at radius 1 is 1.16 bits per heavy atom. The summed E-state index contributed by atoms with van der Waals surface area (Å²) in [5, 5.41) is 19.6. The van der Waals surface area contributed by atoms with E-state index in [2.05, 4.69) is 9.63 Å². The molecule has 3 atom stereocenters. The number of carbonyl (C=O) groups excluding carboxylic acids is 1. The van der Waals surface area contributed by atoms with E-state index in [1.807, 2.05) is 0 Å². The van der Waals surface area contributed by atoms with Crippen LogP contribution in [-0.2, 0) is 27.8 Å². The number of hydrogen-bond donors (Lipinski definition) is 6. The van der Waals surface area contributed by atoms with Gasteiger partial charge >= 0.3 is 19.8 Å². The zero-order valence-corrected chi connectivity index (χ0v) is 15.2. The number of rotatable bonds is 12. The average molecular weight is 404 g/mol. The van der Waals surface area contributed by atoms with Gasteiger partial charge in [-0.25, -0.2) is 8.88 Å². The number of carbonyl (C=O) groups is 3. The van der Waals surface area contributed by atoms with Gasteiger partial charge in [0.05, 0.1) is 6.42 Å². The molecule has 0 aromatic carbocycles. The molecule has 0 saturated carbocycles. The number of carboxylic acid groups (broad SMARTS) is 2. The minimum absolute atomic E-state index is 0.0619.